The van der Waals surface area contributed by atoms with E-state index >= 15 is 0 Å². The molecule has 1 saturated heterocycles. The Morgan fingerprint density at radius 2 is 1.79 bits per heavy atom. The third kappa shape index (κ3) is 3.42. The molecule has 0 saturated carbocycles. The molecule has 6 rings (SSSR count). The van der Waals surface area contributed by atoms with E-state index in [1.807, 2.05) is 36.7 Å². The summed E-state index contributed by atoms with van der Waals surface area (Å²) in [4.78, 5) is 7.19. The van der Waals surface area contributed by atoms with Crippen LogP contribution >= 0.6 is 0 Å². The molecule has 164 valence electrons. The molecular formula is C27H26N6. The summed E-state index contributed by atoms with van der Waals surface area (Å²) in [6.07, 6.45) is 6.12. The van der Waals surface area contributed by atoms with Crippen LogP contribution in [0.4, 0.5) is 5.69 Å². The number of piperazine rings is 1. The van der Waals surface area contributed by atoms with Crippen molar-refractivity contribution in [2.45, 2.75) is 32.5 Å². The number of nitrogens with zero attached hydrogens (tertiary/aromatic N) is 5. The fourth-order valence-electron chi connectivity index (χ4n) is 5.26. The zero-order chi connectivity index (χ0) is 22.5. The molecule has 1 N–H and O–H groups in total. The smallest absolute Gasteiger partial charge is 0.161 e. The third-order valence-corrected chi connectivity index (χ3v) is 6.70. The van der Waals surface area contributed by atoms with Crippen molar-refractivity contribution >= 4 is 5.69 Å². The van der Waals surface area contributed by atoms with Crippen molar-refractivity contribution in [2.75, 3.05) is 18.0 Å². The first kappa shape index (κ1) is 19.8. The van der Waals surface area contributed by atoms with E-state index in [0.717, 1.165) is 42.3 Å². The molecule has 4 heterocycles. The fourth-order valence-corrected chi connectivity index (χ4v) is 5.26. The predicted molar refractivity (Wildman–Crippen MR) is 131 cm³/mol. The van der Waals surface area contributed by atoms with Gasteiger partial charge in [-0.15, -0.1) is 0 Å². The van der Waals surface area contributed by atoms with Crippen LogP contribution in [0.2, 0.25) is 0 Å². The van der Waals surface area contributed by atoms with E-state index in [0.29, 0.717) is 17.6 Å². The molecule has 2 aromatic carbocycles. The fraction of sp³-hybridized carbons (Fsp3) is 0.259. The third-order valence-electron chi connectivity index (χ3n) is 6.70. The number of imidazole rings is 1. The molecule has 6 nitrogen and oxygen atoms in total. The van der Waals surface area contributed by atoms with Crippen LogP contribution in [-0.4, -0.2) is 39.3 Å². The molecule has 0 spiro atoms. The number of rotatable bonds is 2. The number of nitrogens with one attached hydrogen (secondary N) is 1. The molecule has 2 aromatic heterocycles. The summed E-state index contributed by atoms with van der Waals surface area (Å²) in [5.41, 5.74) is 7.75. The number of aromatic nitrogens is 3. The van der Waals surface area contributed by atoms with Crippen LogP contribution in [0.5, 0.6) is 0 Å². The average molecular weight is 435 g/mol. The topological polar surface area (TPSA) is 61.8 Å². The lowest BCUT2D eigenvalue weighted by Crippen LogP contribution is -2.54. The lowest BCUT2D eigenvalue weighted by atomic mass is 10.1. The van der Waals surface area contributed by atoms with Gasteiger partial charge < -0.3 is 14.8 Å². The normalized spacial score (nSPS) is 19.2. The molecule has 0 aliphatic carbocycles. The van der Waals surface area contributed by atoms with Crippen LogP contribution in [0.25, 0.3) is 28.3 Å². The van der Waals surface area contributed by atoms with Crippen molar-refractivity contribution < 1.29 is 0 Å². The molecule has 2 unspecified atom stereocenters. The van der Waals surface area contributed by atoms with Crippen molar-refractivity contribution in [3.05, 3.63) is 78.2 Å². The van der Waals surface area contributed by atoms with Gasteiger partial charge in [-0.3, -0.25) is 4.57 Å². The number of hydrogen-bond acceptors (Lipinski definition) is 4. The molecule has 2 aliphatic heterocycles. The van der Waals surface area contributed by atoms with Gasteiger partial charge in [0.2, 0.25) is 0 Å². The Morgan fingerprint density at radius 1 is 1.00 bits per heavy atom. The second-order valence-electron chi connectivity index (χ2n) is 9.24. The molecular weight excluding hydrogens is 408 g/mol. The van der Waals surface area contributed by atoms with Gasteiger partial charge in [0.05, 0.1) is 23.0 Å². The first-order valence-corrected chi connectivity index (χ1v) is 11.5. The van der Waals surface area contributed by atoms with E-state index in [4.69, 9.17) is 10.2 Å². The number of benzene rings is 2. The van der Waals surface area contributed by atoms with Crippen molar-refractivity contribution in [1.29, 1.82) is 5.26 Å². The van der Waals surface area contributed by atoms with Gasteiger partial charge in [0, 0.05) is 61.6 Å². The number of fused-ring (bicyclic) bond motifs is 5. The van der Waals surface area contributed by atoms with E-state index in [2.05, 4.69) is 69.7 Å². The summed E-state index contributed by atoms with van der Waals surface area (Å²) in [5, 5.41) is 12.7. The molecule has 0 bridgehead atoms. The average Bonchev–Trinajstić information content (AvgIpc) is 3.43. The first-order chi connectivity index (χ1) is 16.1. The maximum atomic E-state index is 9.11. The zero-order valence-electron chi connectivity index (χ0n) is 18.9. The van der Waals surface area contributed by atoms with Crippen molar-refractivity contribution in [2.24, 2.45) is 0 Å². The molecule has 6 heteroatoms. The van der Waals surface area contributed by atoms with Gasteiger partial charge in [-0.1, -0.05) is 12.1 Å². The lowest BCUT2D eigenvalue weighted by molar-refractivity contribution is 0.407. The summed E-state index contributed by atoms with van der Waals surface area (Å²) < 4.78 is 4.49. The highest BCUT2D eigenvalue weighted by Crippen LogP contribution is 2.35. The Morgan fingerprint density at radius 3 is 2.55 bits per heavy atom. The van der Waals surface area contributed by atoms with Crippen LogP contribution < -0.4 is 10.2 Å². The highest BCUT2D eigenvalue weighted by Gasteiger charge is 2.24. The molecule has 2 atom stereocenters. The monoisotopic (exact) mass is 434 g/mol. The van der Waals surface area contributed by atoms with Gasteiger partial charge in [-0.2, -0.15) is 5.26 Å². The van der Waals surface area contributed by atoms with Gasteiger partial charge >= 0.3 is 0 Å². The maximum absolute atomic E-state index is 9.11. The highest BCUT2D eigenvalue weighted by atomic mass is 15.2. The van der Waals surface area contributed by atoms with Gasteiger partial charge in [0.25, 0.3) is 0 Å². The molecule has 2 aliphatic rings. The Hall–Kier alpha value is -3.82. The second kappa shape index (κ2) is 7.65. The van der Waals surface area contributed by atoms with Gasteiger partial charge in [0.1, 0.15) is 0 Å². The quantitative estimate of drug-likeness (QED) is 0.447. The zero-order valence-corrected chi connectivity index (χ0v) is 18.9. The summed E-state index contributed by atoms with van der Waals surface area (Å²) in [6, 6.07) is 19.9. The van der Waals surface area contributed by atoms with E-state index in [-0.39, 0.29) is 0 Å². The Kier molecular flexibility index (Phi) is 4.60. The van der Waals surface area contributed by atoms with Crippen LogP contribution in [0.3, 0.4) is 0 Å². The summed E-state index contributed by atoms with van der Waals surface area (Å²) >= 11 is 0. The van der Waals surface area contributed by atoms with E-state index in [1.165, 1.54) is 16.9 Å². The minimum Gasteiger partial charge on any atom is -0.368 e. The second-order valence-corrected chi connectivity index (χ2v) is 9.24. The molecule has 0 amide bonds. The van der Waals surface area contributed by atoms with Crippen LogP contribution in [0.1, 0.15) is 25.0 Å². The van der Waals surface area contributed by atoms with E-state index < -0.39 is 0 Å². The SMILES string of the molecule is CC1CN(c2ccc3c(c2)Cn2cc(-c4ccc(C#N)cc4)cc2-c2nccn2-3)CC(C)N1. The van der Waals surface area contributed by atoms with Crippen molar-refractivity contribution in [3.8, 4) is 34.4 Å². The molecule has 4 aromatic rings. The van der Waals surface area contributed by atoms with Gasteiger partial charge in [0.15, 0.2) is 5.82 Å². The number of nitriles is 1. The minimum atomic E-state index is 0.471. The van der Waals surface area contributed by atoms with Crippen LogP contribution in [-0.2, 0) is 6.54 Å². The van der Waals surface area contributed by atoms with Crippen LogP contribution in [0.15, 0.2) is 67.1 Å². The van der Waals surface area contributed by atoms with Crippen molar-refractivity contribution in [3.63, 3.8) is 0 Å². The maximum Gasteiger partial charge on any atom is 0.161 e. The summed E-state index contributed by atoms with van der Waals surface area (Å²) in [7, 11) is 0. The first-order valence-electron chi connectivity index (χ1n) is 11.5. The van der Waals surface area contributed by atoms with E-state index in [1.54, 1.807) is 0 Å². The highest BCUT2D eigenvalue weighted by molar-refractivity contribution is 5.72. The number of hydrogen-bond donors (Lipinski definition) is 1. The standard InChI is InChI=1S/C27H26N6/c1-18-14-31(15-19(2)30-18)24-7-8-25-23(11-24)17-32-16-22(21-5-3-20(13-28)4-6-21)12-26(32)27-29-9-10-33(25)27/h3-12,16,18-19,30H,14-15,17H2,1-2H3. The van der Waals surface area contributed by atoms with Crippen molar-refractivity contribution in [1.82, 2.24) is 19.4 Å². The predicted octanol–water partition coefficient (Wildman–Crippen LogP) is 4.43. The lowest BCUT2D eigenvalue weighted by Gasteiger charge is -2.38. The molecule has 33 heavy (non-hydrogen) atoms. The summed E-state index contributed by atoms with van der Waals surface area (Å²) in [6.45, 7) is 7.31. The summed E-state index contributed by atoms with van der Waals surface area (Å²) in [5.74, 6) is 0.950. The molecule has 1 fully saturated rings. The molecule has 0 radical (unpaired) electrons. The minimum absolute atomic E-state index is 0.471. The van der Waals surface area contributed by atoms with E-state index in [9.17, 15) is 0 Å². The Balaban J connectivity index is 1.42. The Bertz CT molecular complexity index is 1360. The number of anilines is 1. The van der Waals surface area contributed by atoms with Crippen LogP contribution in [0, 0.1) is 11.3 Å². The van der Waals surface area contributed by atoms with Gasteiger partial charge in [-0.25, -0.2) is 4.98 Å². The largest absolute Gasteiger partial charge is 0.368 e. The van der Waals surface area contributed by atoms with Gasteiger partial charge in [-0.05, 0) is 61.4 Å². The Labute approximate surface area is 193 Å².